The summed E-state index contributed by atoms with van der Waals surface area (Å²) in [5.74, 6) is -9.44. The molecule has 42 heavy (non-hydrogen) atoms. The van der Waals surface area contributed by atoms with Crippen molar-refractivity contribution in [3.05, 3.63) is 58.1 Å². The van der Waals surface area contributed by atoms with Crippen LogP contribution in [0.4, 0.5) is 22.0 Å². The Hall–Kier alpha value is -3.36. The monoisotopic (exact) mass is 643 g/mol. The smallest absolute Gasteiger partial charge is 0.405 e. The standard InChI is InChI=1S/C26H28Cl2F5N3O6/c1-13(2)20(22(38)26(32,33)24(40)34-12-25(29,30)31)36-23(39)21(14-4-6-17(41-3)7-5-14)35-19(37)11-42-18-9-15(27)8-16(28)10-18/h4-10,13,20-22,38H,11-12H2,1-3H3,(H,34,40)(H,35,37)(H,36,39)/t20-,21?,22?/m0/s1. The van der Waals surface area contributed by atoms with Crippen LogP contribution in [0, 0.1) is 5.92 Å². The van der Waals surface area contributed by atoms with Crippen molar-refractivity contribution < 1.29 is 50.9 Å². The van der Waals surface area contributed by atoms with E-state index in [1.54, 1.807) is 0 Å². The summed E-state index contributed by atoms with van der Waals surface area (Å²) in [6.45, 7) is -0.0300. The zero-order valence-corrected chi connectivity index (χ0v) is 23.9. The van der Waals surface area contributed by atoms with Crippen molar-refractivity contribution in [2.45, 2.75) is 44.1 Å². The second kappa shape index (κ2) is 14.7. The molecular formula is C26H28Cl2F5N3O6. The molecule has 0 spiro atoms. The molecule has 0 aliphatic carbocycles. The van der Waals surface area contributed by atoms with Gasteiger partial charge in [0.2, 0.25) is 5.91 Å². The Morgan fingerprint density at radius 2 is 1.50 bits per heavy atom. The van der Waals surface area contributed by atoms with E-state index in [0.717, 1.165) is 5.32 Å². The molecule has 2 unspecified atom stereocenters. The number of carbonyl (C=O) groups is 3. The third-order valence-corrected chi connectivity index (χ3v) is 6.15. The number of rotatable bonds is 13. The molecule has 0 aliphatic heterocycles. The van der Waals surface area contributed by atoms with Gasteiger partial charge in [-0.25, -0.2) is 0 Å². The lowest BCUT2D eigenvalue weighted by atomic mass is 9.93. The molecule has 0 aromatic heterocycles. The number of hydrogen-bond donors (Lipinski definition) is 4. The zero-order chi connectivity index (χ0) is 31.8. The maximum absolute atomic E-state index is 14.7. The molecule has 2 aromatic rings. The molecule has 3 amide bonds. The van der Waals surface area contributed by atoms with Gasteiger partial charge >= 0.3 is 12.1 Å². The minimum atomic E-state index is -4.98. The maximum atomic E-state index is 14.7. The van der Waals surface area contributed by atoms with Crippen molar-refractivity contribution in [3.63, 3.8) is 0 Å². The topological polar surface area (TPSA) is 126 Å². The van der Waals surface area contributed by atoms with Crippen LogP contribution in [0.15, 0.2) is 42.5 Å². The zero-order valence-electron chi connectivity index (χ0n) is 22.4. The Morgan fingerprint density at radius 1 is 0.929 bits per heavy atom. The molecule has 0 bridgehead atoms. The van der Waals surface area contributed by atoms with E-state index in [9.17, 15) is 41.4 Å². The molecule has 2 rings (SSSR count). The summed E-state index contributed by atoms with van der Waals surface area (Å²) in [6, 6.07) is 6.55. The number of methoxy groups -OCH3 is 1. The van der Waals surface area contributed by atoms with Crippen molar-refractivity contribution >= 4 is 40.9 Å². The summed E-state index contributed by atoms with van der Waals surface area (Å²) in [7, 11) is 1.39. The quantitative estimate of drug-likeness (QED) is 0.244. The largest absolute Gasteiger partial charge is 0.497 e. The predicted octanol–water partition coefficient (Wildman–Crippen LogP) is 4.05. The first-order valence-electron chi connectivity index (χ1n) is 12.2. The molecule has 0 saturated heterocycles. The molecule has 16 heteroatoms. The van der Waals surface area contributed by atoms with Crippen molar-refractivity contribution in [2.24, 2.45) is 5.92 Å². The Balaban J connectivity index is 2.27. The molecular weight excluding hydrogens is 616 g/mol. The molecule has 9 nitrogen and oxygen atoms in total. The number of alkyl halides is 5. The number of amides is 3. The fraction of sp³-hybridized carbons (Fsp3) is 0.423. The van der Waals surface area contributed by atoms with Gasteiger partial charge in [0.15, 0.2) is 6.61 Å². The second-order valence-electron chi connectivity index (χ2n) is 9.31. The Bertz CT molecular complexity index is 1230. The SMILES string of the molecule is COc1ccc(C(NC(=O)COc2cc(Cl)cc(Cl)c2)C(=O)N[C@@H](C(C)C)C(O)C(F)(F)C(=O)NCC(F)(F)F)cc1. The van der Waals surface area contributed by atoms with Crippen LogP contribution in [0.3, 0.4) is 0 Å². The number of benzene rings is 2. The van der Waals surface area contributed by atoms with E-state index in [1.165, 1.54) is 63.4 Å². The third kappa shape index (κ3) is 10.2. The van der Waals surface area contributed by atoms with Crippen LogP contribution in [-0.4, -0.2) is 67.3 Å². The lowest BCUT2D eigenvalue weighted by molar-refractivity contribution is -0.175. The first-order valence-corrected chi connectivity index (χ1v) is 12.9. The van der Waals surface area contributed by atoms with Gasteiger partial charge in [-0.3, -0.25) is 14.4 Å². The number of hydrogen-bond acceptors (Lipinski definition) is 6. The number of carbonyl (C=O) groups excluding carboxylic acids is 3. The van der Waals surface area contributed by atoms with Crippen molar-refractivity contribution in [3.8, 4) is 11.5 Å². The highest BCUT2D eigenvalue weighted by Gasteiger charge is 2.52. The maximum Gasteiger partial charge on any atom is 0.405 e. The van der Waals surface area contributed by atoms with Crippen LogP contribution in [-0.2, 0) is 14.4 Å². The second-order valence-corrected chi connectivity index (χ2v) is 10.2. The van der Waals surface area contributed by atoms with Gasteiger partial charge < -0.3 is 30.5 Å². The van der Waals surface area contributed by atoms with Gasteiger partial charge in [0.25, 0.3) is 11.8 Å². The summed E-state index contributed by atoms with van der Waals surface area (Å²) < 4.78 is 77.0. The van der Waals surface area contributed by atoms with Gasteiger partial charge in [-0.2, -0.15) is 22.0 Å². The first-order chi connectivity index (χ1) is 19.4. The van der Waals surface area contributed by atoms with Crippen LogP contribution in [0.25, 0.3) is 0 Å². The van der Waals surface area contributed by atoms with Gasteiger partial charge in [0.1, 0.15) is 30.2 Å². The molecule has 2 aromatic carbocycles. The Kier molecular flexibility index (Phi) is 12.2. The van der Waals surface area contributed by atoms with Gasteiger partial charge in [0, 0.05) is 10.0 Å². The van der Waals surface area contributed by atoms with Crippen molar-refractivity contribution in [1.29, 1.82) is 0 Å². The number of aliphatic hydroxyl groups excluding tert-OH is 1. The molecule has 3 atom stereocenters. The minimum absolute atomic E-state index is 0.141. The molecule has 4 N–H and O–H groups in total. The van der Waals surface area contributed by atoms with E-state index in [-0.39, 0.29) is 21.4 Å². The summed E-state index contributed by atoms with van der Waals surface area (Å²) >= 11 is 11.8. The Labute approximate surface area is 247 Å². The van der Waals surface area contributed by atoms with Gasteiger partial charge in [-0.1, -0.05) is 49.2 Å². The van der Waals surface area contributed by atoms with Crippen molar-refractivity contribution in [1.82, 2.24) is 16.0 Å². The third-order valence-electron chi connectivity index (χ3n) is 5.71. The van der Waals surface area contributed by atoms with E-state index in [4.69, 9.17) is 32.7 Å². The number of halogens is 7. The highest BCUT2D eigenvalue weighted by Crippen LogP contribution is 2.27. The molecule has 0 saturated carbocycles. The van der Waals surface area contributed by atoms with Crippen LogP contribution in [0.5, 0.6) is 11.5 Å². The van der Waals surface area contributed by atoms with E-state index in [1.807, 2.05) is 0 Å². The van der Waals surface area contributed by atoms with E-state index < -0.39 is 67.1 Å². The highest BCUT2D eigenvalue weighted by molar-refractivity contribution is 6.34. The minimum Gasteiger partial charge on any atom is -0.497 e. The average Bonchev–Trinajstić information content (AvgIpc) is 2.90. The summed E-state index contributed by atoms with van der Waals surface area (Å²) in [5.41, 5.74) is 0.166. The number of ether oxygens (including phenoxy) is 2. The normalized spacial score (nSPS) is 14.0. The molecule has 0 heterocycles. The summed E-state index contributed by atoms with van der Waals surface area (Å²) in [6.07, 6.45) is -7.91. The van der Waals surface area contributed by atoms with Crippen LogP contribution >= 0.6 is 23.2 Å². The Morgan fingerprint density at radius 3 is 2.00 bits per heavy atom. The summed E-state index contributed by atoms with van der Waals surface area (Å²) in [4.78, 5) is 37.9. The van der Waals surface area contributed by atoms with E-state index >= 15 is 0 Å². The highest BCUT2D eigenvalue weighted by atomic mass is 35.5. The van der Waals surface area contributed by atoms with Crippen molar-refractivity contribution in [2.75, 3.05) is 20.3 Å². The van der Waals surface area contributed by atoms with E-state index in [2.05, 4.69) is 10.6 Å². The predicted molar refractivity (Wildman–Crippen MR) is 143 cm³/mol. The fourth-order valence-electron chi connectivity index (χ4n) is 3.58. The molecule has 0 radical (unpaired) electrons. The lowest BCUT2D eigenvalue weighted by Crippen LogP contribution is -2.60. The van der Waals surface area contributed by atoms with Crippen LogP contribution < -0.4 is 25.4 Å². The molecule has 232 valence electrons. The van der Waals surface area contributed by atoms with Gasteiger partial charge in [0.05, 0.1) is 13.2 Å². The summed E-state index contributed by atoms with van der Waals surface area (Å²) in [5, 5.41) is 16.4. The fourth-order valence-corrected chi connectivity index (χ4v) is 4.08. The van der Waals surface area contributed by atoms with E-state index in [0.29, 0.717) is 5.75 Å². The van der Waals surface area contributed by atoms with Gasteiger partial charge in [-0.15, -0.1) is 0 Å². The number of aliphatic hydroxyl groups is 1. The van der Waals surface area contributed by atoms with Gasteiger partial charge in [-0.05, 0) is 41.8 Å². The van der Waals surface area contributed by atoms with Crippen LogP contribution in [0.2, 0.25) is 10.0 Å². The molecule has 0 fully saturated rings. The molecule has 0 aliphatic rings. The first kappa shape index (κ1) is 34.8. The average molecular weight is 644 g/mol. The number of nitrogens with one attached hydrogen (secondary N) is 3. The van der Waals surface area contributed by atoms with Crippen LogP contribution in [0.1, 0.15) is 25.5 Å². The lowest BCUT2D eigenvalue weighted by Gasteiger charge is -2.33.